The number of rotatable bonds is 7. The van der Waals surface area contributed by atoms with E-state index >= 15 is 0 Å². The zero-order chi connectivity index (χ0) is 22.0. The van der Waals surface area contributed by atoms with E-state index in [-0.39, 0.29) is 11.3 Å². The van der Waals surface area contributed by atoms with Crippen molar-refractivity contribution in [3.63, 3.8) is 0 Å². The van der Waals surface area contributed by atoms with Crippen LogP contribution in [0.4, 0.5) is 0 Å². The molecule has 2 aliphatic heterocycles. The van der Waals surface area contributed by atoms with Crippen molar-refractivity contribution in [2.24, 2.45) is 5.92 Å². The molecule has 7 nitrogen and oxygen atoms in total. The Balaban J connectivity index is 1.26. The molecule has 5 rings (SSSR count). The van der Waals surface area contributed by atoms with E-state index in [0.29, 0.717) is 12.3 Å². The Bertz CT molecular complexity index is 925. The van der Waals surface area contributed by atoms with Gasteiger partial charge >= 0.3 is 0 Å². The van der Waals surface area contributed by atoms with Gasteiger partial charge < -0.3 is 18.9 Å². The average Bonchev–Trinajstić information content (AvgIpc) is 3.50. The molecule has 2 saturated heterocycles. The van der Waals surface area contributed by atoms with Gasteiger partial charge in [-0.25, -0.2) is 0 Å². The van der Waals surface area contributed by atoms with Crippen LogP contribution in [0, 0.1) is 5.92 Å². The molecule has 0 atom stereocenters. The standard InChI is InChI=1S/C25H33N3O4/c1-30-21-4-2-3-19(15-21)16-22(29)28-11-9-25(10-12-28,17-18-5-6-18)24-26-23(32-27-24)20-7-13-31-14-8-20/h2-4,15,18,20H,5-14,16-17H2,1H3. The third kappa shape index (κ3) is 4.68. The lowest BCUT2D eigenvalue weighted by atomic mass is 9.73. The third-order valence-corrected chi connectivity index (χ3v) is 7.43. The van der Waals surface area contributed by atoms with Crippen molar-refractivity contribution in [1.82, 2.24) is 15.0 Å². The average molecular weight is 440 g/mol. The first-order valence-corrected chi connectivity index (χ1v) is 12.0. The number of ether oxygens (including phenoxy) is 2. The Hall–Kier alpha value is -2.41. The molecule has 172 valence electrons. The van der Waals surface area contributed by atoms with Crippen LogP contribution in [0.1, 0.15) is 68.1 Å². The highest BCUT2D eigenvalue weighted by Crippen LogP contribution is 2.47. The van der Waals surface area contributed by atoms with Crippen molar-refractivity contribution >= 4 is 5.91 Å². The van der Waals surface area contributed by atoms with Gasteiger partial charge in [0.1, 0.15) is 5.75 Å². The highest BCUT2D eigenvalue weighted by Gasteiger charge is 2.45. The lowest BCUT2D eigenvalue weighted by molar-refractivity contribution is -0.132. The van der Waals surface area contributed by atoms with Gasteiger partial charge in [-0.15, -0.1) is 0 Å². The van der Waals surface area contributed by atoms with E-state index in [1.54, 1.807) is 7.11 Å². The van der Waals surface area contributed by atoms with Gasteiger partial charge in [0.25, 0.3) is 0 Å². The van der Waals surface area contributed by atoms with Crippen molar-refractivity contribution in [1.29, 1.82) is 0 Å². The van der Waals surface area contributed by atoms with Gasteiger partial charge in [-0.2, -0.15) is 4.98 Å². The maximum Gasteiger partial charge on any atom is 0.229 e. The van der Waals surface area contributed by atoms with E-state index in [9.17, 15) is 4.79 Å². The minimum Gasteiger partial charge on any atom is -0.497 e. The van der Waals surface area contributed by atoms with Crippen molar-refractivity contribution in [2.75, 3.05) is 33.4 Å². The quantitative estimate of drug-likeness (QED) is 0.652. The fourth-order valence-corrected chi connectivity index (χ4v) is 5.21. The highest BCUT2D eigenvalue weighted by atomic mass is 16.5. The number of aromatic nitrogens is 2. The molecule has 1 aromatic carbocycles. The SMILES string of the molecule is COc1cccc(CC(=O)N2CCC(CC3CC3)(c3noc(C4CCOCC4)n3)CC2)c1. The topological polar surface area (TPSA) is 77.7 Å². The summed E-state index contributed by atoms with van der Waals surface area (Å²) in [4.78, 5) is 19.9. The molecule has 0 unspecified atom stereocenters. The highest BCUT2D eigenvalue weighted by molar-refractivity contribution is 5.79. The molecule has 1 aliphatic carbocycles. The predicted octanol–water partition coefficient (Wildman–Crippen LogP) is 3.88. The summed E-state index contributed by atoms with van der Waals surface area (Å²) in [6.07, 6.45) is 7.81. The van der Waals surface area contributed by atoms with Gasteiger partial charge in [-0.3, -0.25) is 4.79 Å². The second-order valence-corrected chi connectivity index (χ2v) is 9.68. The number of likely N-dealkylation sites (tertiary alicyclic amines) is 1. The smallest absolute Gasteiger partial charge is 0.229 e. The summed E-state index contributed by atoms with van der Waals surface area (Å²) in [6.45, 7) is 3.02. The number of methoxy groups -OCH3 is 1. The second kappa shape index (κ2) is 9.22. The maximum atomic E-state index is 13.0. The van der Waals surface area contributed by atoms with Crippen molar-refractivity contribution in [2.45, 2.75) is 62.7 Å². The van der Waals surface area contributed by atoms with Crippen LogP contribution in [-0.2, 0) is 21.4 Å². The largest absolute Gasteiger partial charge is 0.497 e. The molecule has 3 fully saturated rings. The third-order valence-electron chi connectivity index (χ3n) is 7.43. The molecule has 7 heteroatoms. The van der Waals surface area contributed by atoms with Gasteiger partial charge in [0.2, 0.25) is 11.8 Å². The minimum atomic E-state index is -0.0686. The van der Waals surface area contributed by atoms with Gasteiger partial charge in [0.05, 0.1) is 13.5 Å². The molecule has 1 aromatic heterocycles. The molecular formula is C25H33N3O4. The van der Waals surface area contributed by atoms with Crippen LogP contribution in [-0.4, -0.2) is 54.4 Å². The fourth-order valence-electron chi connectivity index (χ4n) is 5.21. The Morgan fingerprint density at radius 1 is 1.19 bits per heavy atom. The summed E-state index contributed by atoms with van der Waals surface area (Å²) in [5, 5.41) is 4.48. The molecule has 1 amide bonds. The summed E-state index contributed by atoms with van der Waals surface area (Å²) in [6, 6.07) is 7.76. The minimum absolute atomic E-state index is 0.0686. The molecule has 3 aliphatic rings. The summed E-state index contributed by atoms with van der Waals surface area (Å²) < 4.78 is 16.5. The van der Waals surface area contributed by atoms with E-state index in [1.165, 1.54) is 12.8 Å². The summed E-state index contributed by atoms with van der Waals surface area (Å²) in [5.74, 6) is 3.68. The van der Waals surface area contributed by atoms with E-state index < -0.39 is 0 Å². The monoisotopic (exact) mass is 439 g/mol. The summed E-state index contributed by atoms with van der Waals surface area (Å²) in [5.41, 5.74) is 0.921. The van der Waals surface area contributed by atoms with Crippen LogP contribution < -0.4 is 4.74 Å². The first kappa shape index (κ1) is 21.4. The van der Waals surface area contributed by atoms with Crippen molar-refractivity contribution in [3.8, 4) is 5.75 Å². The van der Waals surface area contributed by atoms with Crippen LogP contribution in [0.2, 0.25) is 0 Å². The molecule has 3 heterocycles. The van der Waals surface area contributed by atoms with E-state index in [4.69, 9.17) is 19.0 Å². The number of piperidine rings is 1. The Morgan fingerprint density at radius 2 is 1.97 bits per heavy atom. The van der Waals surface area contributed by atoms with Gasteiger partial charge in [0.15, 0.2) is 5.82 Å². The fraction of sp³-hybridized carbons (Fsp3) is 0.640. The normalized spacial score (nSPS) is 21.5. The Labute approximate surface area is 189 Å². The number of carbonyl (C=O) groups excluding carboxylic acids is 1. The van der Waals surface area contributed by atoms with E-state index in [0.717, 1.165) is 87.4 Å². The predicted molar refractivity (Wildman–Crippen MR) is 119 cm³/mol. The van der Waals surface area contributed by atoms with Crippen molar-refractivity contribution < 1.29 is 18.8 Å². The number of nitrogens with zero attached hydrogens (tertiary/aromatic N) is 3. The van der Waals surface area contributed by atoms with Crippen molar-refractivity contribution in [3.05, 3.63) is 41.5 Å². The first-order chi connectivity index (χ1) is 15.6. The Morgan fingerprint density at radius 3 is 2.69 bits per heavy atom. The molecule has 2 aromatic rings. The lowest BCUT2D eigenvalue weighted by Crippen LogP contribution is -2.46. The molecule has 1 saturated carbocycles. The van der Waals surface area contributed by atoms with Gasteiger partial charge in [-0.05, 0) is 55.7 Å². The molecule has 0 spiro atoms. The molecule has 0 N–H and O–H groups in total. The molecular weight excluding hydrogens is 406 g/mol. The number of hydrogen-bond donors (Lipinski definition) is 0. The Kier molecular flexibility index (Phi) is 6.17. The molecule has 0 bridgehead atoms. The second-order valence-electron chi connectivity index (χ2n) is 9.68. The summed E-state index contributed by atoms with van der Waals surface area (Å²) in [7, 11) is 1.65. The zero-order valence-corrected chi connectivity index (χ0v) is 18.9. The summed E-state index contributed by atoms with van der Waals surface area (Å²) >= 11 is 0. The van der Waals surface area contributed by atoms with E-state index in [1.807, 2.05) is 29.2 Å². The lowest BCUT2D eigenvalue weighted by Gasteiger charge is -2.40. The van der Waals surface area contributed by atoms with Crippen LogP contribution in [0.5, 0.6) is 5.75 Å². The zero-order valence-electron chi connectivity index (χ0n) is 18.9. The number of hydrogen-bond acceptors (Lipinski definition) is 6. The first-order valence-electron chi connectivity index (χ1n) is 12.0. The molecule has 32 heavy (non-hydrogen) atoms. The van der Waals surface area contributed by atoms with Gasteiger partial charge in [0, 0.05) is 37.6 Å². The van der Waals surface area contributed by atoms with E-state index in [2.05, 4.69) is 5.16 Å². The number of carbonyl (C=O) groups is 1. The van der Waals surface area contributed by atoms with Crippen LogP contribution in [0.15, 0.2) is 28.8 Å². The van der Waals surface area contributed by atoms with Gasteiger partial charge in [-0.1, -0.05) is 30.1 Å². The van der Waals surface area contributed by atoms with Crippen LogP contribution >= 0.6 is 0 Å². The van der Waals surface area contributed by atoms with Crippen LogP contribution in [0.3, 0.4) is 0 Å². The number of amides is 1. The van der Waals surface area contributed by atoms with Crippen LogP contribution in [0.25, 0.3) is 0 Å². The number of benzene rings is 1. The molecule has 0 radical (unpaired) electrons. The maximum absolute atomic E-state index is 13.0.